The monoisotopic (exact) mass is 247 g/mol. The van der Waals surface area contributed by atoms with Gasteiger partial charge in [-0.2, -0.15) is 0 Å². The van der Waals surface area contributed by atoms with Gasteiger partial charge < -0.3 is 12.4 Å². The van der Waals surface area contributed by atoms with Crippen LogP contribution in [0.25, 0.3) is 0 Å². The molecule has 0 spiro atoms. The predicted octanol–water partition coefficient (Wildman–Crippen LogP) is 0.458. The minimum Gasteiger partial charge on any atom is -1.00 e. The van der Waals surface area contributed by atoms with Crippen LogP contribution in [0.3, 0.4) is 0 Å². The van der Waals surface area contributed by atoms with E-state index in [1.54, 1.807) is 0 Å². The SMILES string of the molecule is C[N+](C)(Cc1ccccc1)c1ccccc1.[Cl-]. The fourth-order valence-electron chi connectivity index (χ4n) is 1.96. The van der Waals surface area contributed by atoms with Crippen LogP contribution in [-0.4, -0.2) is 14.1 Å². The Kier molecular flexibility index (Phi) is 4.73. The van der Waals surface area contributed by atoms with E-state index in [0.717, 1.165) is 11.0 Å². The average Bonchev–Trinajstić information content (AvgIpc) is 2.31. The number of hydrogen-bond acceptors (Lipinski definition) is 0. The minimum absolute atomic E-state index is 0. The highest BCUT2D eigenvalue weighted by Gasteiger charge is 2.18. The van der Waals surface area contributed by atoms with E-state index in [2.05, 4.69) is 74.8 Å². The quantitative estimate of drug-likeness (QED) is 0.692. The van der Waals surface area contributed by atoms with E-state index in [0.29, 0.717) is 0 Å². The summed E-state index contributed by atoms with van der Waals surface area (Å²) in [6.45, 7) is 1.02. The van der Waals surface area contributed by atoms with Gasteiger partial charge in [0.05, 0.1) is 14.1 Å². The number of hydrogen-bond donors (Lipinski definition) is 0. The highest BCUT2D eigenvalue weighted by atomic mass is 35.5. The van der Waals surface area contributed by atoms with Gasteiger partial charge in [0, 0.05) is 5.56 Å². The molecule has 1 nitrogen and oxygen atoms in total. The third-order valence-electron chi connectivity index (χ3n) is 2.88. The number of nitrogens with zero attached hydrogens (tertiary/aromatic N) is 1. The smallest absolute Gasteiger partial charge is 0.132 e. The Balaban J connectivity index is 0.00000144. The van der Waals surface area contributed by atoms with E-state index in [-0.39, 0.29) is 12.4 Å². The molecule has 2 rings (SSSR count). The molecule has 0 saturated heterocycles. The fourth-order valence-corrected chi connectivity index (χ4v) is 1.96. The molecular weight excluding hydrogens is 230 g/mol. The van der Waals surface area contributed by atoms with Crippen molar-refractivity contribution < 1.29 is 12.4 Å². The highest BCUT2D eigenvalue weighted by molar-refractivity contribution is 5.41. The van der Waals surface area contributed by atoms with Crippen molar-refractivity contribution in [3.05, 3.63) is 66.2 Å². The number of rotatable bonds is 3. The lowest BCUT2D eigenvalue weighted by Gasteiger charge is -2.29. The summed E-state index contributed by atoms with van der Waals surface area (Å²) in [5.41, 5.74) is 2.71. The molecule has 0 N–H and O–H groups in total. The Hall–Kier alpha value is -1.31. The van der Waals surface area contributed by atoms with Gasteiger partial charge in [0.15, 0.2) is 0 Å². The Morgan fingerprint density at radius 1 is 0.765 bits per heavy atom. The molecule has 0 aliphatic heterocycles. The molecule has 0 unspecified atom stereocenters. The second-order valence-corrected chi connectivity index (χ2v) is 4.66. The van der Waals surface area contributed by atoms with Gasteiger partial charge in [-0.1, -0.05) is 48.5 Å². The number of quaternary nitrogens is 1. The van der Waals surface area contributed by atoms with Crippen LogP contribution < -0.4 is 16.9 Å². The van der Waals surface area contributed by atoms with Crippen LogP contribution in [-0.2, 0) is 6.54 Å². The zero-order valence-electron chi connectivity index (χ0n) is 10.3. The van der Waals surface area contributed by atoms with Crippen LogP contribution >= 0.6 is 0 Å². The van der Waals surface area contributed by atoms with Gasteiger partial charge in [-0.05, 0) is 12.1 Å². The molecular formula is C15H18ClN. The molecule has 2 aromatic carbocycles. The Labute approximate surface area is 110 Å². The van der Waals surface area contributed by atoms with Gasteiger partial charge in [-0.3, -0.25) is 4.48 Å². The van der Waals surface area contributed by atoms with Gasteiger partial charge >= 0.3 is 0 Å². The molecule has 0 amide bonds. The molecule has 0 aliphatic rings. The molecule has 17 heavy (non-hydrogen) atoms. The number of benzene rings is 2. The van der Waals surface area contributed by atoms with Crippen molar-refractivity contribution in [1.82, 2.24) is 4.48 Å². The summed E-state index contributed by atoms with van der Waals surface area (Å²) in [5.74, 6) is 0. The van der Waals surface area contributed by atoms with E-state index in [4.69, 9.17) is 0 Å². The van der Waals surface area contributed by atoms with E-state index < -0.39 is 0 Å². The molecule has 2 heteroatoms. The summed E-state index contributed by atoms with van der Waals surface area (Å²) >= 11 is 0. The molecule has 0 fully saturated rings. The molecule has 0 aromatic heterocycles. The fraction of sp³-hybridized carbons (Fsp3) is 0.200. The molecule has 90 valence electrons. The standard InChI is InChI=1S/C15H18N.ClH/c1-16(2,15-11-7-4-8-12-15)13-14-9-5-3-6-10-14;/h3-12H,13H2,1-2H3;1H/q+1;/p-1. The van der Waals surface area contributed by atoms with Crippen LogP contribution in [0, 0.1) is 0 Å². The maximum Gasteiger partial charge on any atom is 0.132 e. The van der Waals surface area contributed by atoms with E-state index in [9.17, 15) is 0 Å². The third kappa shape index (κ3) is 3.58. The van der Waals surface area contributed by atoms with Crippen molar-refractivity contribution in [3.8, 4) is 0 Å². The first-order valence-electron chi connectivity index (χ1n) is 5.61. The molecule has 0 aliphatic carbocycles. The number of para-hydroxylation sites is 1. The molecule has 2 aromatic rings. The lowest BCUT2D eigenvalue weighted by molar-refractivity contribution is -0.00000350. The second kappa shape index (κ2) is 5.85. The maximum absolute atomic E-state index is 2.24. The van der Waals surface area contributed by atoms with Crippen LogP contribution in [0.15, 0.2) is 60.7 Å². The second-order valence-electron chi connectivity index (χ2n) is 4.66. The highest BCUT2D eigenvalue weighted by Crippen LogP contribution is 2.21. The van der Waals surface area contributed by atoms with Crippen LogP contribution in [0.2, 0.25) is 0 Å². The molecule has 0 atom stereocenters. The normalized spacial score (nSPS) is 10.7. The Morgan fingerprint density at radius 2 is 1.24 bits per heavy atom. The van der Waals surface area contributed by atoms with E-state index in [1.807, 2.05) is 0 Å². The third-order valence-corrected chi connectivity index (χ3v) is 2.88. The van der Waals surface area contributed by atoms with Crippen molar-refractivity contribution in [3.63, 3.8) is 0 Å². The summed E-state index contributed by atoms with van der Waals surface area (Å²) in [4.78, 5) is 0. The number of halogens is 1. The minimum atomic E-state index is 0. The van der Waals surface area contributed by atoms with Crippen molar-refractivity contribution in [2.75, 3.05) is 14.1 Å². The van der Waals surface area contributed by atoms with Gasteiger partial charge in [-0.25, -0.2) is 0 Å². The predicted molar refractivity (Wildman–Crippen MR) is 70.2 cm³/mol. The summed E-state index contributed by atoms with van der Waals surface area (Å²) < 4.78 is 0.880. The van der Waals surface area contributed by atoms with Gasteiger partial charge in [0.2, 0.25) is 0 Å². The van der Waals surface area contributed by atoms with Crippen molar-refractivity contribution in [2.45, 2.75) is 6.54 Å². The summed E-state index contributed by atoms with van der Waals surface area (Å²) in [7, 11) is 4.48. The van der Waals surface area contributed by atoms with Crippen LogP contribution in [0.1, 0.15) is 5.56 Å². The lowest BCUT2D eigenvalue weighted by atomic mass is 10.2. The summed E-state index contributed by atoms with van der Waals surface area (Å²) in [6, 6.07) is 21.2. The first-order valence-corrected chi connectivity index (χ1v) is 5.61. The van der Waals surface area contributed by atoms with Crippen molar-refractivity contribution in [1.29, 1.82) is 0 Å². The Bertz CT molecular complexity index is 437. The Morgan fingerprint density at radius 3 is 1.76 bits per heavy atom. The van der Waals surface area contributed by atoms with E-state index in [1.165, 1.54) is 11.3 Å². The molecule has 0 bridgehead atoms. The van der Waals surface area contributed by atoms with Crippen LogP contribution in [0.5, 0.6) is 0 Å². The largest absolute Gasteiger partial charge is 1.00 e. The van der Waals surface area contributed by atoms with Crippen LogP contribution in [0.4, 0.5) is 5.69 Å². The zero-order chi connectivity index (χ0) is 11.4. The van der Waals surface area contributed by atoms with Crippen molar-refractivity contribution >= 4 is 5.69 Å². The van der Waals surface area contributed by atoms with Gasteiger partial charge in [-0.15, -0.1) is 0 Å². The van der Waals surface area contributed by atoms with Gasteiger partial charge in [0.1, 0.15) is 12.2 Å². The summed E-state index contributed by atoms with van der Waals surface area (Å²) in [5, 5.41) is 0. The first-order chi connectivity index (χ1) is 7.68. The molecule has 0 heterocycles. The maximum atomic E-state index is 2.24. The van der Waals surface area contributed by atoms with Gasteiger partial charge in [0.25, 0.3) is 0 Å². The topological polar surface area (TPSA) is 0 Å². The molecule has 0 radical (unpaired) electrons. The zero-order valence-corrected chi connectivity index (χ0v) is 11.1. The molecule has 0 saturated carbocycles. The van der Waals surface area contributed by atoms with E-state index >= 15 is 0 Å². The first kappa shape index (κ1) is 13.8. The average molecular weight is 248 g/mol. The van der Waals surface area contributed by atoms with Crippen molar-refractivity contribution in [2.24, 2.45) is 0 Å². The lowest BCUT2D eigenvalue weighted by Crippen LogP contribution is -3.00. The summed E-state index contributed by atoms with van der Waals surface area (Å²) in [6.07, 6.45) is 0.